The maximum atomic E-state index is 14.0. The molecule has 1 aliphatic rings. The van der Waals surface area contributed by atoms with Crippen molar-refractivity contribution in [2.75, 3.05) is 11.9 Å². The zero-order valence-corrected chi connectivity index (χ0v) is 18.7. The van der Waals surface area contributed by atoms with E-state index in [2.05, 4.69) is 5.32 Å². The van der Waals surface area contributed by atoms with Crippen LogP contribution in [0.15, 0.2) is 12.1 Å². The zero-order chi connectivity index (χ0) is 22.8. The highest BCUT2D eigenvalue weighted by Crippen LogP contribution is 2.33. The number of anilines is 1. The number of benzene rings is 1. The van der Waals surface area contributed by atoms with Gasteiger partial charge in [0.25, 0.3) is 0 Å². The van der Waals surface area contributed by atoms with Crippen LogP contribution in [-0.4, -0.2) is 48.4 Å². The molecule has 1 saturated heterocycles. The number of likely N-dealkylation sites (tertiary alicyclic amines) is 1. The second-order valence-electron chi connectivity index (χ2n) is 8.16. The number of hydrogen-bond acceptors (Lipinski definition) is 5. The minimum absolute atomic E-state index is 0.0513. The van der Waals surface area contributed by atoms with E-state index in [1.165, 1.54) is 19.1 Å². The summed E-state index contributed by atoms with van der Waals surface area (Å²) >= 11 is 0. The van der Waals surface area contributed by atoms with Gasteiger partial charge in [-0.25, -0.2) is 22.3 Å². The first-order valence-electron chi connectivity index (χ1n) is 9.99. The topological polar surface area (TPSA) is 116 Å². The highest BCUT2D eigenvalue weighted by molar-refractivity contribution is 7.91. The molecule has 1 aliphatic heterocycles. The van der Waals surface area contributed by atoms with Crippen LogP contribution in [0.3, 0.4) is 0 Å². The Morgan fingerprint density at radius 1 is 1.17 bits per heavy atom. The molecule has 0 bridgehead atoms. The summed E-state index contributed by atoms with van der Waals surface area (Å²) in [7, 11) is -4.33. The van der Waals surface area contributed by atoms with Crippen molar-refractivity contribution in [3.8, 4) is 0 Å². The second-order valence-corrected chi connectivity index (χ2v) is 10.0. The summed E-state index contributed by atoms with van der Waals surface area (Å²) in [6.07, 6.45) is -0.683. The molecular weight excluding hydrogens is 413 g/mol. The molecule has 8 nitrogen and oxygen atoms in total. The molecule has 2 atom stereocenters. The van der Waals surface area contributed by atoms with Gasteiger partial charge in [-0.1, -0.05) is 27.7 Å². The number of nitrogens with one attached hydrogen (secondary N) is 2. The molecule has 0 spiro atoms. The first-order valence-corrected chi connectivity index (χ1v) is 11.5. The number of urea groups is 1. The minimum Gasteiger partial charge on any atom is -0.374 e. The normalized spacial score (nSPS) is 18.6. The van der Waals surface area contributed by atoms with E-state index in [1.54, 1.807) is 0 Å². The smallest absolute Gasteiger partial charge is 0.332 e. The number of nitrogens with zero attached hydrogens (tertiary/aromatic N) is 1. The molecule has 0 aromatic heterocycles. The van der Waals surface area contributed by atoms with E-state index in [0.29, 0.717) is 23.2 Å². The maximum Gasteiger partial charge on any atom is 0.332 e. The highest BCUT2D eigenvalue weighted by Gasteiger charge is 2.40. The molecule has 2 rings (SSSR count). The van der Waals surface area contributed by atoms with Gasteiger partial charge in [0.2, 0.25) is 15.9 Å². The van der Waals surface area contributed by atoms with Gasteiger partial charge in [-0.2, -0.15) is 0 Å². The third-order valence-electron chi connectivity index (χ3n) is 5.13. The van der Waals surface area contributed by atoms with E-state index < -0.39 is 39.3 Å². The van der Waals surface area contributed by atoms with E-state index in [9.17, 15) is 27.5 Å². The van der Waals surface area contributed by atoms with Crippen LogP contribution < -0.4 is 10.0 Å². The fourth-order valence-corrected chi connectivity index (χ4v) is 4.90. The molecule has 3 N–H and O–H groups in total. The molecule has 2 unspecified atom stereocenters. The molecule has 1 aromatic rings. The fourth-order valence-electron chi connectivity index (χ4n) is 3.57. The predicted octanol–water partition coefficient (Wildman–Crippen LogP) is 2.85. The van der Waals surface area contributed by atoms with Crippen LogP contribution in [0.1, 0.15) is 70.4 Å². The Bertz CT molecular complexity index is 886. The SMILES string of the molecule is CC(C)c1cc(F)cc(C(C)C)c1NC(=O)NS(=O)(=O)C1CCCN(C(C)O)C1=O. The quantitative estimate of drug-likeness (QED) is 0.625. The van der Waals surface area contributed by atoms with Gasteiger partial charge in [-0.15, -0.1) is 0 Å². The Kier molecular flexibility index (Phi) is 7.46. The minimum atomic E-state index is -4.33. The summed E-state index contributed by atoms with van der Waals surface area (Å²) < 4.78 is 41.3. The Balaban J connectivity index is 2.28. The monoisotopic (exact) mass is 443 g/mol. The van der Waals surface area contributed by atoms with Crippen molar-refractivity contribution in [3.05, 3.63) is 29.1 Å². The van der Waals surface area contributed by atoms with Crippen molar-refractivity contribution in [3.63, 3.8) is 0 Å². The van der Waals surface area contributed by atoms with E-state index in [1.807, 2.05) is 32.4 Å². The van der Waals surface area contributed by atoms with Gasteiger partial charge in [0.05, 0.1) is 0 Å². The average molecular weight is 444 g/mol. The van der Waals surface area contributed by atoms with Crippen molar-refractivity contribution < 1.29 is 27.5 Å². The van der Waals surface area contributed by atoms with Crippen LogP contribution in [0.2, 0.25) is 0 Å². The van der Waals surface area contributed by atoms with Gasteiger partial charge in [0.15, 0.2) is 5.25 Å². The number of hydrogen-bond donors (Lipinski definition) is 3. The fraction of sp³-hybridized carbons (Fsp3) is 0.600. The molecule has 0 aliphatic carbocycles. The number of aliphatic hydroxyl groups excluding tert-OH is 1. The molecule has 30 heavy (non-hydrogen) atoms. The molecule has 3 amide bonds. The molecule has 0 radical (unpaired) electrons. The Hall–Kier alpha value is -2.20. The lowest BCUT2D eigenvalue weighted by Crippen LogP contribution is -2.54. The molecule has 168 valence electrons. The summed E-state index contributed by atoms with van der Waals surface area (Å²) in [5.41, 5.74) is 1.44. The van der Waals surface area contributed by atoms with Crippen molar-refractivity contribution in [1.82, 2.24) is 9.62 Å². The van der Waals surface area contributed by atoms with Gasteiger partial charge in [0.1, 0.15) is 12.0 Å². The van der Waals surface area contributed by atoms with Crippen molar-refractivity contribution in [2.45, 2.75) is 70.8 Å². The van der Waals surface area contributed by atoms with Crippen LogP contribution in [0.5, 0.6) is 0 Å². The lowest BCUT2D eigenvalue weighted by atomic mass is 9.92. The van der Waals surface area contributed by atoms with Crippen LogP contribution in [0.4, 0.5) is 14.9 Å². The standard InChI is InChI=1S/C20H30FN3O5S/c1-11(2)15-9-14(21)10-16(12(3)4)18(15)22-20(27)23-30(28,29)17-7-6-8-24(13(5)25)19(17)26/h9-13,17,25H,6-8H2,1-5H3,(H2,22,23,27). The van der Waals surface area contributed by atoms with Gasteiger partial charge >= 0.3 is 6.03 Å². The van der Waals surface area contributed by atoms with Gasteiger partial charge in [-0.05, 0) is 54.9 Å². The number of piperidine rings is 1. The van der Waals surface area contributed by atoms with Gasteiger partial charge in [0, 0.05) is 12.2 Å². The van der Waals surface area contributed by atoms with E-state index in [4.69, 9.17) is 0 Å². The number of carbonyl (C=O) groups is 2. The lowest BCUT2D eigenvalue weighted by molar-refractivity contribution is -0.142. The molecular formula is C20H30FN3O5S. The number of rotatable bonds is 6. The van der Waals surface area contributed by atoms with E-state index in [-0.39, 0.29) is 24.8 Å². The Morgan fingerprint density at radius 2 is 1.70 bits per heavy atom. The summed E-state index contributed by atoms with van der Waals surface area (Å²) in [4.78, 5) is 26.1. The van der Waals surface area contributed by atoms with Crippen LogP contribution in [-0.2, 0) is 14.8 Å². The Morgan fingerprint density at radius 3 is 2.17 bits per heavy atom. The zero-order valence-electron chi connectivity index (χ0n) is 17.9. The number of carbonyl (C=O) groups excluding carboxylic acids is 2. The van der Waals surface area contributed by atoms with Crippen LogP contribution >= 0.6 is 0 Å². The summed E-state index contributed by atoms with van der Waals surface area (Å²) in [6.45, 7) is 8.98. The number of amides is 3. The highest BCUT2D eigenvalue weighted by atomic mass is 32.2. The Labute approximate surface area is 176 Å². The molecule has 10 heteroatoms. The average Bonchev–Trinajstić information content (AvgIpc) is 2.61. The van der Waals surface area contributed by atoms with Crippen molar-refractivity contribution in [2.24, 2.45) is 0 Å². The van der Waals surface area contributed by atoms with Crippen LogP contribution in [0, 0.1) is 5.82 Å². The molecule has 1 aromatic carbocycles. The van der Waals surface area contributed by atoms with Gasteiger partial charge in [-0.3, -0.25) is 4.79 Å². The number of sulfonamides is 1. The summed E-state index contributed by atoms with van der Waals surface area (Å²) in [5, 5.41) is 10.8. The molecule has 1 heterocycles. The van der Waals surface area contributed by atoms with Crippen molar-refractivity contribution in [1.29, 1.82) is 0 Å². The third kappa shape index (κ3) is 5.28. The van der Waals surface area contributed by atoms with Crippen molar-refractivity contribution >= 4 is 27.6 Å². The largest absolute Gasteiger partial charge is 0.374 e. The molecule has 1 fully saturated rings. The third-order valence-corrected chi connectivity index (χ3v) is 6.79. The predicted molar refractivity (Wildman–Crippen MR) is 112 cm³/mol. The summed E-state index contributed by atoms with van der Waals surface area (Å²) in [5.74, 6) is -1.43. The lowest BCUT2D eigenvalue weighted by Gasteiger charge is -2.33. The summed E-state index contributed by atoms with van der Waals surface area (Å²) in [6, 6.07) is 1.60. The number of aliphatic hydroxyl groups is 1. The first-order chi connectivity index (χ1) is 13.8. The first kappa shape index (κ1) is 24.1. The number of halogens is 1. The second kappa shape index (κ2) is 9.30. The van der Waals surface area contributed by atoms with Crippen LogP contribution in [0.25, 0.3) is 0 Å². The van der Waals surface area contributed by atoms with Gasteiger partial charge < -0.3 is 15.3 Å². The van der Waals surface area contributed by atoms with E-state index >= 15 is 0 Å². The molecule has 0 saturated carbocycles. The maximum absolute atomic E-state index is 14.0. The van der Waals surface area contributed by atoms with E-state index in [0.717, 1.165) is 4.90 Å².